The third-order valence-electron chi connectivity index (χ3n) is 3.21. The van der Waals surface area contributed by atoms with E-state index in [-0.39, 0.29) is 0 Å². The molecule has 0 atom stereocenters. The lowest BCUT2D eigenvalue weighted by Gasteiger charge is -1.88. The summed E-state index contributed by atoms with van der Waals surface area (Å²) in [6.45, 7) is 0. The maximum absolute atomic E-state index is 5.79. The molecule has 3 rings (SSSR count). The maximum Gasteiger partial charge on any atom is 0.373 e. The fourth-order valence-corrected chi connectivity index (χ4v) is 2.13. The standard InChI is InChI=1S/C18H16NO/c1-19-16-12-6-7-13-17(16)20-18(19)14-8-5-11-15-9-3-2-4-10-15/h2-14H,1H3/q+1/b11-5+,14-8+. The largest absolute Gasteiger partial charge is 0.398 e. The zero-order valence-corrected chi connectivity index (χ0v) is 11.4. The van der Waals surface area contributed by atoms with Gasteiger partial charge < -0.3 is 4.42 Å². The molecule has 98 valence electrons. The number of rotatable bonds is 3. The molecule has 0 fully saturated rings. The Morgan fingerprint density at radius 1 is 0.850 bits per heavy atom. The lowest BCUT2D eigenvalue weighted by Crippen LogP contribution is -2.29. The van der Waals surface area contributed by atoms with E-state index in [4.69, 9.17) is 4.42 Å². The van der Waals surface area contributed by atoms with Crippen LogP contribution in [0.25, 0.3) is 23.3 Å². The number of fused-ring (bicyclic) bond motifs is 1. The van der Waals surface area contributed by atoms with Crippen molar-refractivity contribution < 1.29 is 8.98 Å². The Balaban J connectivity index is 1.81. The van der Waals surface area contributed by atoms with E-state index in [1.54, 1.807) is 0 Å². The van der Waals surface area contributed by atoms with Crippen molar-refractivity contribution in [3.8, 4) is 0 Å². The van der Waals surface area contributed by atoms with Crippen LogP contribution in [0.5, 0.6) is 0 Å². The minimum Gasteiger partial charge on any atom is -0.398 e. The van der Waals surface area contributed by atoms with E-state index in [1.165, 1.54) is 5.56 Å². The van der Waals surface area contributed by atoms with Crippen molar-refractivity contribution in [1.29, 1.82) is 0 Å². The first-order valence-corrected chi connectivity index (χ1v) is 6.62. The molecule has 0 bridgehead atoms. The summed E-state index contributed by atoms with van der Waals surface area (Å²) in [5.74, 6) is 0.837. The van der Waals surface area contributed by atoms with Crippen LogP contribution in [0, 0.1) is 0 Å². The topological polar surface area (TPSA) is 17.0 Å². The van der Waals surface area contributed by atoms with Gasteiger partial charge in [0.1, 0.15) is 7.05 Å². The van der Waals surface area contributed by atoms with E-state index in [0.29, 0.717) is 0 Å². The number of para-hydroxylation sites is 2. The highest BCUT2D eigenvalue weighted by atomic mass is 16.3. The molecular formula is C18H16NO+. The van der Waals surface area contributed by atoms with Gasteiger partial charge in [0.05, 0.1) is 6.08 Å². The molecule has 3 aromatic rings. The second-order valence-corrected chi connectivity index (χ2v) is 4.60. The van der Waals surface area contributed by atoms with Gasteiger partial charge in [0.25, 0.3) is 5.52 Å². The van der Waals surface area contributed by atoms with Crippen molar-refractivity contribution in [3.05, 3.63) is 78.2 Å². The Hall–Kier alpha value is -2.61. The fraction of sp³-hybridized carbons (Fsp3) is 0.0556. The van der Waals surface area contributed by atoms with E-state index in [1.807, 2.05) is 66.2 Å². The molecule has 0 saturated carbocycles. The fourth-order valence-electron chi connectivity index (χ4n) is 2.13. The molecule has 0 aliphatic carbocycles. The number of aromatic nitrogens is 1. The summed E-state index contributed by atoms with van der Waals surface area (Å²) in [4.78, 5) is 0. The van der Waals surface area contributed by atoms with Gasteiger partial charge in [-0.3, -0.25) is 0 Å². The van der Waals surface area contributed by atoms with E-state index in [9.17, 15) is 0 Å². The zero-order valence-electron chi connectivity index (χ0n) is 11.4. The first-order valence-electron chi connectivity index (χ1n) is 6.62. The first-order chi connectivity index (χ1) is 9.84. The molecule has 0 spiro atoms. The molecule has 1 aromatic heterocycles. The second-order valence-electron chi connectivity index (χ2n) is 4.60. The Labute approximate surface area is 118 Å². The molecule has 2 nitrogen and oxygen atoms in total. The first kappa shape index (κ1) is 12.4. The molecule has 0 saturated heterocycles. The van der Waals surface area contributed by atoms with Crippen LogP contribution in [0.3, 0.4) is 0 Å². The van der Waals surface area contributed by atoms with Crippen LogP contribution in [0.2, 0.25) is 0 Å². The molecule has 0 radical (unpaired) electrons. The minimum atomic E-state index is 0.837. The summed E-state index contributed by atoms with van der Waals surface area (Å²) in [6, 6.07) is 18.3. The van der Waals surface area contributed by atoms with Crippen LogP contribution >= 0.6 is 0 Å². The molecule has 20 heavy (non-hydrogen) atoms. The summed E-state index contributed by atoms with van der Waals surface area (Å²) >= 11 is 0. The predicted octanol–water partition coefficient (Wildman–Crippen LogP) is 3.98. The van der Waals surface area contributed by atoms with Crippen LogP contribution < -0.4 is 4.57 Å². The van der Waals surface area contributed by atoms with Gasteiger partial charge in [0.2, 0.25) is 5.58 Å². The van der Waals surface area contributed by atoms with Crippen LogP contribution in [0.15, 0.2) is 71.2 Å². The normalized spacial score (nSPS) is 11.8. The molecule has 0 N–H and O–H groups in total. The van der Waals surface area contributed by atoms with Gasteiger partial charge >= 0.3 is 5.89 Å². The average Bonchev–Trinajstić information content (AvgIpc) is 2.82. The average molecular weight is 262 g/mol. The Morgan fingerprint density at radius 2 is 1.55 bits per heavy atom. The second kappa shape index (κ2) is 5.57. The highest BCUT2D eigenvalue weighted by Crippen LogP contribution is 2.13. The SMILES string of the molecule is C[n+]1c(/C=C/C=C/c2ccccc2)oc2ccccc21. The van der Waals surface area contributed by atoms with Gasteiger partial charge in [-0.1, -0.05) is 60.7 Å². The summed E-state index contributed by atoms with van der Waals surface area (Å²) in [5, 5.41) is 0. The molecule has 2 aromatic carbocycles. The van der Waals surface area contributed by atoms with E-state index < -0.39 is 0 Å². The Morgan fingerprint density at radius 3 is 2.35 bits per heavy atom. The van der Waals surface area contributed by atoms with Crippen LogP contribution in [-0.2, 0) is 7.05 Å². The molecular weight excluding hydrogens is 246 g/mol. The van der Waals surface area contributed by atoms with E-state index in [2.05, 4.69) is 24.3 Å². The molecule has 1 heterocycles. The molecule has 0 aliphatic rings. The van der Waals surface area contributed by atoms with E-state index >= 15 is 0 Å². The van der Waals surface area contributed by atoms with Gasteiger partial charge in [-0.2, -0.15) is 4.57 Å². The van der Waals surface area contributed by atoms with E-state index in [0.717, 1.165) is 17.0 Å². The van der Waals surface area contributed by atoms with Gasteiger partial charge in [-0.05, 0) is 11.6 Å². The van der Waals surface area contributed by atoms with Crippen molar-refractivity contribution in [1.82, 2.24) is 0 Å². The third-order valence-corrected chi connectivity index (χ3v) is 3.21. The minimum absolute atomic E-state index is 0.837. The molecule has 2 heteroatoms. The summed E-state index contributed by atoms with van der Waals surface area (Å²) in [7, 11) is 2.01. The number of allylic oxidation sites excluding steroid dienone is 2. The molecule has 0 unspecified atom stereocenters. The van der Waals surface area contributed by atoms with Crippen LogP contribution in [0.1, 0.15) is 11.5 Å². The van der Waals surface area contributed by atoms with Crippen molar-refractivity contribution in [2.75, 3.05) is 0 Å². The van der Waals surface area contributed by atoms with Gasteiger partial charge in [-0.25, -0.2) is 0 Å². The number of aryl methyl sites for hydroxylation is 1. The molecule has 0 aliphatic heterocycles. The smallest absolute Gasteiger partial charge is 0.373 e. The summed E-state index contributed by atoms with van der Waals surface area (Å²) < 4.78 is 7.84. The van der Waals surface area contributed by atoms with Crippen molar-refractivity contribution in [2.24, 2.45) is 7.05 Å². The maximum atomic E-state index is 5.79. The lowest BCUT2D eigenvalue weighted by molar-refractivity contribution is -0.652. The van der Waals surface area contributed by atoms with Gasteiger partial charge in [-0.15, -0.1) is 0 Å². The van der Waals surface area contributed by atoms with Crippen molar-refractivity contribution in [2.45, 2.75) is 0 Å². The monoisotopic (exact) mass is 262 g/mol. The highest BCUT2D eigenvalue weighted by Gasteiger charge is 2.14. The number of benzene rings is 2. The number of hydrogen-bond acceptors (Lipinski definition) is 1. The van der Waals surface area contributed by atoms with Crippen LogP contribution in [-0.4, -0.2) is 0 Å². The molecule has 0 amide bonds. The summed E-state index contributed by atoms with van der Waals surface area (Å²) in [6.07, 6.45) is 8.05. The van der Waals surface area contributed by atoms with Crippen molar-refractivity contribution >= 4 is 23.3 Å². The predicted molar refractivity (Wildman–Crippen MR) is 81.9 cm³/mol. The Bertz CT molecular complexity index is 766. The number of hydrogen-bond donors (Lipinski definition) is 0. The Kier molecular flexibility index (Phi) is 3.46. The zero-order chi connectivity index (χ0) is 13.8. The van der Waals surface area contributed by atoms with Gasteiger partial charge in [0, 0.05) is 6.07 Å². The van der Waals surface area contributed by atoms with Crippen LogP contribution in [0.4, 0.5) is 0 Å². The summed E-state index contributed by atoms with van der Waals surface area (Å²) in [5.41, 5.74) is 3.19. The highest BCUT2D eigenvalue weighted by molar-refractivity contribution is 5.69. The quantitative estimate of drug-likeness (QED) is 0.515. The van der Waals surface area contributed by atoms with Gasteiger partial charge in [0.15, 0.2) is 0 Å². The third kappa shape index (κ3) is 2.54. The number of oxazole rings is 1. The lowest BCUT2D eigenvalue weighted by atomic mass is 10.2. The van der Waals surface area contributed by atoms with Crippen molar-refractivity contribution in [3.63, 3.8) is 0 Å². The number of nitrogens with zero attached hydrogens (tertiary/aromatic N) is 1.